The number of aromatic nitrogens is 2. The van der Waals surface area contributed by atoms with Crippen molar-refractivity contribution < 1.29 is 4.39 Å². The molecule has 2 aromatic heterocycles. The van der Waals surface area contributed by atoms with E-state index in [1.165, 1.54) is 18.6 Å². The van der Waals surface area contributed by atoms with Gasteiger partial charge < -0.3 is 4.90 Å². The molecule has 0 amide bonds. The molecule has 0 bridgehead atoms. The van der Waals surface area contributed by atoms with Crippen molar-refractivity contribution in [1.29, 1.82) is 0 Å². The first-order valence-corrected chi connectivity index (χ1v) is 7.44. The summed E-state index contributed by atoms with van der Waals surface area (Å²) in [6.45, 7) is 2.09. The maximum Gasteiger partial charge on any atom is 0.141 e. The van der Waals surface area contributed by atoms with Crippen LogP contribution < -0.4 is 4.90 Å². The SMILES string of the molecule is Fc1ccc(-c2csc3ncnc(N4CCC4)c23)cc1. The Labute approximate surface area is 119 Å². The molecule has 0 saturated carbocycles. The summed E-state index contributed by atoms with van der Waals surface area (Å²) >= 11 is 1.61. The Morgan fingerprint density at radius 3 is 2.60 bits per heavy atom. The summed E-state index contributed by atoms with van der Waals surface area (Å²) in [7, 11) is 0. The number of thiophene rings is 1. The van der Waals surface area contributed by atoms with Crippen LogP contribution in [0.2, 0.25) is 0 Å². The molecule has 20 heavy (non-hydrogen) atoms. The van der Waals surface area contributed by atoms with E-state index >= 15 is 0 Å². The van der Waals surface area contributed by atoms with Crippen LogP contribution in [-0.4, -0.2) is 23.1 Å². The molecule has 0 aliphatic carbocycles. The van der Waals surface area contributed by atoms with Crippen LogP contribution in [0.1, 0.15) is 6.42 Å². The fraction of sp³-hybridized carbons (Fsp3) is 0.200. The standard InChI is InChI=1S/C15H12FN3S/c16-11-4-2-10(3-5-11)12-8-20-15-13(12)14(17-9-18-15)19-6-1-7-19/h2-5,8-9H,1,6-7H2. The second kappa shape index (κ2) is 4.52. The number of rotatable bonds is 2. The van der Waals surface area contributed by atoms with Crippen LogP contribution in [0.15, 0.2) is 36.0 Å². The van der Waals surface area contributed by atoms with Gasteiger partial charge in [0.25, 0.3) is 0 Å². The van der Waals surface area contributed by atoms with Crippen LogP contribution in [0.3, 0.4) is 0 Å². The Kier molecular flexibility index (Phi) is 2.67. The molecule has 0 radical (unpaired) electrons. The van der Waals surface area contributed by atoms with Crippen LogP contribution in [0.4, 0.5) is 10.2 Å². The lowest BCUT2D eigenvalue weighted by Crippen LogP contribution is -2.37. The zero-order valence-corrected chi connectivity index (χ0v) is 11.5. The predicted octanol–water partition coefficient (Wildman–Crippen LogP) is 3.71. The van der Waals surface area contributed by atoms with Gasteiger partial charge in [-0.2, -0.15) is 0 Å². The molecule has 1 aromatic carbocycles. The van der Waals surface area contributed by atoms with Crippen molar-refractivity contribution in [2.24, 2.45) is 0 Å². The second-order valence-corrected chi connectivity index (χ2v) is 5.73. The molecule has 1 aliphatic heterocycles. The van der Waals surface area contributed by atoms with Crippen LogP contribution in [0, 0.1) is 5.82 Å². The van der Waals surface area contributed by atoms with Crippen molar-refractivity contribution in [2.75, 3.05) is 18.0 Å². The van der Waals surface area contributed by atoms with E-state index in [1.807, 2.05) is 12.1 Å². The topological polar surface area (TPSA) is 29.0 Å². The lowest BCUT2D eigenvalue weighted by Gasteiger charge is -2.32. The number of nitrogens with zero attached hydrogens (tertiary/aromatic N) is 3. The fourth-order valence-electron chi connectivity index (χ4n) is 2.47. The van der Waals surface area contributed by atoms with Gasteiger partial charge in [0.15, 0.2) is 0 Å². The summed E-state index contributed by atoms with van der Waals surface area (Å²) in [5.41, 5.74) is 2.10. The zero-order chi connectivity index (χ0) is 13.5. The van der Waals surface area contributed by atoms with Crippen molar-refractivity contribution >= 4 is 27.4 Å². The third-order valence-electron chi connectivity index (χ3n) is 3.66. The minimum Gasteiger partial charge on any atom is -0.356 e. The van der Waals surface area contributed by atoms with Gasteiger partial charge in [0.1, 0.15) is 22.8 Å². The van der Waals surface area contributed by atoms with Gasteiger partial charge in [0, 0.05) is 24.0 Å². The van der Waals surface area contributed by atoms with Gasteiger partial charge in [-0.25, -0.2) is 14.4 Å². The Balaban J connectivity index is 1.93. The van der Waals surface area contributed by atoms with E-state index in [2.05, 4.69) is 20.2 Å². The summed E-state index contributed by atoms with van der Waals surface area (Å²) < 4.78 is 13.1. The molecule has 100 valence electrons. The molecule has 1 saturated heterocycles. The average Bonchev–Trinajstić information content (AvgIpc) is 2.83. The van der Waals surface area contributed by atoms with Crippen LogP contribution in [0.25, 0.3) is 21.3 Å². The summed E-state index contributed by atoms with van der Waals surface area (Å²) in [5, 5.41) is 3.17. The highest BCUT2D eigenvalue weighted by atomic mass is 32.1. The first kappa shape index (κ1) is 11.8. The maximum atomic E-state index is 13.1. The Hall–Kier alpha value is -2.01. The van der Waals surface area contributed by atoms with Crippen LogP contribution in [-0.2, 0) is 0 Å². The molecular formula is C15H12FN3S. The maximum absolute atomic E-state index is 13.1. The summed E-state index contributed by atoms with van der Waals surface area (Å²) in [5.74, 6) is 0.786. The smallest absolute Gasteiger partial charge is 0.141 e. The van der Waals surface area contributed by atoms with E-state index in [0.29, 0.717) is 0 Å². The van der Waals surface area contributed by atoms with E-state index in [4.69, 9.17) is 0 Å². The quantitative estimate of drug-likeness (QED) is 0.719. The van der Waals surface area contributed by atoms with Gasteiger partial charge in [-0.15, -0.1) is 11.3 Å². The minimum atomic E-state index is -0.215. The summed E-state index contributed by atoms with van der Waals surface area (Å²) in [6, 6.07) is 6.60. The highest BCUT2D eigenvalue weighted by Crippen LogP contribution is 2.38. The monoisotopic (exact) mass is 285 g/mol. The van der Waals surface area contributed by atoms with Crippen molar-refractivity contribution in [3.63, 3.8) is 0 Å². The van der Waals surface area contributed by atoms with E-state index < -0.39 is 0 Å². The number of fused-ring (bicyclic) bond motifs is 1. The molecule has 4 rings (SSSR count). The third kappa shape index (κ3) is 1.78. The van der Waals surface area contributed by atoms with Gasteiger partial charge in [0.2, 0.25) is 0 Å². The third-order valence-corrected chi connectivity index (χ3v) is 4.55. The molecule has 1 aliphatic rings. The lowest BCUT2D eigenvalue weighted by molar-refractivity contribution is 0.612. The molecular weight excluding hydrogens is 273 g/mol. The number of anilines is 1. The minimum absolute atomic E-state index is 0.215. The normalized spacial score (nSPS) is 14.6. The van der Waals surface area contributed by atoms with Crippen LogP contribution >= 0.6 is 11.3 Å². The number of benzene rings is 1. The number of halogens is 1. The first-order valence-electron chi connectivity index (χ1n) is 6.56. The second-order valence-electron chi connectivity index (χ2n) is 4.87. The molecule has 0 spiro atoms. The highest BCUT2D eigenvalue weighted by molar-refractivity contribution is 7.17. The lowest BCUT2D eigenvalue weighted by atomic mass is 10.1. The molecule has 3 nitrogen and oxygen atoms in total. The van der Waals surface area contributed by atoms with E-state index in [-0.39, 0.29) is 5.82 Å². The van der Waals surface area contributed by atoms with Gasteiger partial charge in [0.05, 0.1) is 5.39 Å². The molecule has 5 heteroatoms. The van der Waals surface area contributed by atoms with E-state index in [1.54, 1.807) is 17.7 Å². The summed E-state index contributed by atoms with van der Waals surface area (Å²) in [4.78, 5) is 12.1. The van der Waals surface area contributed by atoms with Gasteiger partial charge >= 0.3 is 0 Å². The Morgan fingerprint density at radius 1 is 1.10 bits per heavy atom. The predicted molar refractivity (Wildman–Crippen MR) is 79.6 cm³/mol. The van der Waals surface area contributed by atoms with Crippen molar-refractivity contribution in [3.05, 3.63) is 41.8 Å². The van der Waals surface area contributed by atoms with Gasteiger partial charge in [-0.1, -0.05) is 12.1 Å². The average molecular weight is 285 g/mol. The van der Waals surface area contributed by atoms with E-state index in [0.717, 1.165) is 40.3 Å². The molecule has 0 N–H and O–H groups in total. The molecule has 1 fully saturated rings. The van der Waals surface area contributed by atoms with Crippen molar-refractivity contribution in [2.45, 2.75) is 6.42 Å². The number of hydrogen-bond donors (Lipinski definition) is 0. The molecule has 0 unspecified atom stereocenters. The van der Waals surface area contributed by atoms with Gasteiger partial charge in [-0.3, -0.25) is 0 Å². The first-order chi connectivity index (χ1) is 9.83. The molecule has 3 aromatic rings. The Bertz CT molecular complexity index is 762. The largest absolute Gasteiger partial charge is 0.356 e. The van der Waals surface area contributed by atoms with Crippen LogP contribution in [0.5, 0.6) is 0 Å². The van der Waals surface area contributed by atoms with Crippen molar-refractivity contribution in [1.82, 2.24) is 9.97 Å². The fourth-order valence-corrected chi connectivity index (χ4v) is 3.38. The molecule has 0 atom stereocenters. The highest BCUT2D eigenvalue weighted by Gasteiger charge is 2.21. The Morgan fingerprint density at radius 2 is 1.90 bits per heavy atom. The molecule has 3 heterocycles. The van der Waals surface area contributed by atoms with E-state index in [9.17, 15) is 4.39 Å². The van der Waals surface area contributed by atoms with Crippen molar-refractivity contribution in [3.8, 4) is 11.1 Å². The zero-order valence-electron chi connectivity index (χ0n) is 10.7. The van der Waals surface area contributed by atoms with Gasteiger partial charge in [-0.05, 0) is 24.1 Å². The number of hydrogen-bond acceptors (Lipinski definition) is 4. The summed E-state index contributed by atoms with van der Waals surface area (Å²) in [6.07, 6.45) is 2.84.